The van der Waals surface area contributed by atoms with Crippen LogP contribution in [0, 0.1) is 13.8 Å². The van der Waals surface area contributed by atoms with Crippen molar-refractivity contribution in [1.82, 2.24) is 19.9 Å². The Morgan fingerprint density at radius 2 is 1.49 bits per heavy atom. The SMILES string of the molecule is [2H]C([2H])([2H])C([2H])(C)N1c2cccnc2N(c2cc3c(oc4nc(C)ncc43)c(N3c4ncccc4N(C([2H])(C([2H])([2H])[2H])C([2H])([2H])[2H])[C@@H]3C)c2C)[C@@H]1C. The lowest BCUT2D eigenvalue weighted by Gasteiger charge is -2.35. The molecule has 0 amide bonds. The number of anilines is 6. The molecule has 9 nitrogen and oxygen atoms in total. The molecule has 1 aromatic carbocycles. The van der Waals surface area contributed by atoms with Gasteiger partial charge in [0.05, 0.1) is 30.9 Å². The number of nitrogens with zero attached hydrogens (tertiary/aromatic N) is 8. The third kappa shape index (κ3) is 3.54. The van der Waals surface area contributed by atoms with E-state index in [-0.39, 0.29) is 17.2 Å². The molecule has 0 saturated heterocycles. The molecule has 2 aliphatic rings. The molecular formula is C32H36N8O. The first-order chi connectivity index (χ1) is 24.0. The summed E-state index contributed by atoms with van der Waals surface area (Å²) in [6.45, 7) is -1.04. The van der Waals surface area contributed by atoms with Crippen LogP contribution in [0.1, 0.15) is 67.8 Å². The molecule has 3 atom stereocenters. The fraction of sp³-hybridized carbons (Fsp3) is 0.375. The minimum Gasteiger partial charge on any atom is -0.435 e. The zero-order valence-corrected chi connectivity index (χ0v) is 23.3. The maximum Gasteiger partial charge on any atom is 0.230 e. The normalized spacial score (nSPS) is 25.0. The second kappa shape index (κ2) is 9.06. The summed E-state index contributed by atoms with van der Waals surface area (Å²) < 4.78 is 99.5. The Kier molecular flexibility index (Phi) is 3.57. The van der Waals surface area contributed by atoms with Crippen LogP contribution in [0.5, 0.6) is 0 Å². The molecule has 1 unspecified atom stereocenters. The molecule has 0 aliphatic carbocycles. The number of hydrogen-bond donors (Lipinski definition) is 0. The van der Waals surface area contributed by atoms with Gasteiger partial charge in [0.25, 0.3) is 0 Å². The predicted molar refractivity (Wildman–Crippen MR) is 166 cm³/mol. The van der Waals surface area contributed by atoms with Gasteiger partial charge >= 0.3 is 0 Å². The van der Waals surface area contributed by atoms with E-state index in [0.717, 1.165) is 4.90 Å². The van der Waals surface area contributed by atoms with Crippen LogP contribution in [-0.2, 0) is 0 Å². The molecule has 0 fully saturated rings. The summed E-state index contributed by atoms with van der Waals surface area (Å²) in [4.78, 5) is 24.2. The molecule has 7 rings (SSSR count). The van der Waals surface area contributed by atoms with E-state index in [4.69, 9.17) is 18.1 Å². The van der Waals surface area contributed by atoms with E-state index in [2.05, 4.69) is 19.9 Å². The Morgan fingerprint density at radius 1 is 0.854 bits per heavy atom. The van der Waals surface area contributed by atoms with Crippen molar-refractivity contribution in [2.24, 2.45) is 0 Å². The van der Waals surface area contributed by atoms with Gasteiger partial charge < -0.3 is 24.0 Å². The summed E-state index contributed by atoms with van der Waals surface area (Å²) in [5, 5.41) is 1.09. The minimum absolute atomic E-state index is 0.123. The number of furan rings is 1. The predicted octanol–water partition coefficient (Wildman–Crippen LogP) is 7.21. The zero-order valence-electron chi connectivity index (χ0n) is 34.3. The summed E-state index contributed by atoms with van der Waals surface area (Å²) in [5.41, 5.74) is 2.60. The first kappa shape index (κ1) is 16.1. The molecule has 0 radical (unpaired) electrons. The maximum absolute atomic E-state index is 9.20. The molecule has 2 aliphatic heterocycles. The number of pyridine rings is 2. The van der Waals surface area contributed by atoms with Crippen molar-refractivity contribution in [3.8, 4) is 0 Å². The third-order valence-corrected chi connectivity index (χ3v) is 7.95. The zero-order chi connectivity index (χ0) is 38.1. The number of rotatable bonds is 4. The summed E-state index contributed by atoms with van der Waals surface area (Å²) in [6, 6.07) is 3.17. The van der Waals surface area contributed by atoms with Crippen molar-refractivity contribution in [2.45, 2.75) is 79.5 Å². The van der Waals surface area contributed by atoms with E-state index in [1.807, 2.05) is 11.0 Å². The van der Waals surface area contributed by atoms with Crippen LogP contribution in [0.2, 0.25) is 0 Å². The van der Waals surface area contributed by atoms with Crippen LogP contribution < -0.4 is 19.6 Å². The lowest BCUT2D eigenvalue weighted by atomic mass is 10.0. The van der Waals surface area contributed by atoms with Crippen molar-refractivity contribution in [1.29, 1.82) is 0 Å². The number of aryl methyl sites for hydroxylation is 1. The monoisotopic (exact) mass is 559 g/mol. The van der Waals surface area contributed by atoms with Gasteiger partial charge in [-0.3, -0.25) is 0 Å². The Hall–Kier alpha value is -4.40. The molecule has 6 heterocycles. The van der Waals surface area contributed by atoms with Gasteiger partial charge in [-0.15, -0.1) is 0 Å². The number of fused-ring (bicyclic) bond motifs is 5. The highest BCUT2D eigenvalue weighted by molar-refractivity contribution is 6.12. The van der Waals surface area contributed by atoms with Crippen LogP contribution in [0.4, 0.5) is 34.4 Å². The van der Waals surface area contributed by atoms with Gasteiger partial charge in [-0.05, 0) is 85.5 Å². The molecule has 9 heteroatoms. The van der Waals surface area contributed by atoms with E-state index in [1.165, 1.54) is 24.1 Å². The maximum atomic E-state index is 9.20. The van der Waals surface area contributed by atoms with Gasteiger partial charge in [0.1, 0.15) is 18.2 Å². The number of aromatic nitrogens is 4. The standard InChI is InChI=1S/C32H36N8O/c1-17(2)37-21(7)39(30-25(37)11-9-13-33-30)27-15-23-24-16-35-20(6)36-32(24)41-29(23)28(19(27)5)40-22(8)38(18(3)4)26-12-10-14-34-31(26)40/h9-18,21-22H,1-8H3/t21-,22+/m1/s1/i1D3,3D3,4D3,17D,18D/t17?,21-,22+. The van der Waals surface area contributed by atoms with E-state index >= 15 is 0 Å². The van der Waals surface area contributed by atoms with E-state index in [9.17, 15) is 1.37 Å². The van der Waals surface area contributed by atoms with Crippen molar-refractivity contribution in [2.75, 3.05) is 19.6 Å². The first-order valence-corrected chi connectivity index (χ1v) is 13.3. The van der Waals surface area contributed by atoms with Crippen molar-refractivity contribution >= 4 is 56.5 Å². The molecule has 0 spiro atoms. The highest BCUT2D eigenvalue weighted by Gasteiger charge is 2.42. The molecular weight excluding hydrogens is 512 g/mol. The molecule has 0 saturated carbocycles. The Labute approximate surface area is 255 Å². The first-order valence-electron chi connectivity index (χ1n) is 18.8. The smallest absolute Gasteiger partial charge is 0.230 e. The van der Waals surface area contributed by atoms with Gasteiger partial charge in [-0.2, -0.15) is 4.98 Å². The Bertz CT molecular complexity index is 2220. The highest BCUT2D eigenvalue weighted by Crippen LogP contribution is 2.52. The van der Waals surface area contributed by atoms with Crippen LogP contribution >= 0.6 is 0 Å². The average molecular weight is 560 g/mol. The largest absolute Gasteiger partial charge is 0.435 e. The average Bonchev–Trinajstić information content (AvgIpc) is 3.64. The van der Waals surface area contributed by atoms with Gasteiger partial charge in [0.2, 0.25) is 5.71 Å². The fourth-order valence-corrected chi connectivity index (χ4v) is 6.27. The molecule has 41 heavy (non-hydrogen) atoms. The van der Waals surface area contributed by atoms with E-state index < -0.39 is 44.9 Å². The molecule has 0 bridgehead atoms. The summed E-state index contributed by atoms with van der Waals surface area (Å²) in [5.74, 6) is 1.05. The minimum atomic E-state index is -3.29. The molecule has 210 valence electrons. The van der Waals surface area contributed by atoms with Gasteiger partial charge in [-0.1, -0.05) is 0 Å². The second-order valence-corrected chi connectivity index (χ2v) is 10.4. The van der Waals surface area contributed by atoms with Gasteiger partial charge in [-0.25, -0.2) is 15.0 Å². The number of hydrogen-bond acceptors (Lipinski definition) is 9. The van der Waals surface area contributed by atoms with Gasteiger partial charge in [0.15, 0.2) is 17.2 Å². The summed E-state index contributed by atoms with van der Waals surface area (Å²) in [7, 11) is 0. The third-order valence-electron chi connectivity index (χ3n) is 7.95. The Morgan fingerprint density at radius 3 is 2.17 bits per heavy atom. The number of benzene rings is 1. The quantitative estimate of drug-likeness (QED) is 0.227. The molecule has 4 aromatic heterocycles. The highest BCUT2D eigenvalue weighted by atomic mass is 16.3. The fourth-order valence-electron chi connectivity index (χ4n) is 6.27. The topological polar surface area (TPSA) is 77.7 Å². The van der Waals surface area contributed by atoms with Crippen LogP contribution in [0.25, 0.3) is 22.1 Å². The van der Waals surface area contributed by atoms with Crippen LogP contribution in [0.15, 0.2) is 53.3 Å². The van der Waals surface area contributed by atoms with Crippen LogP contribution in [0.3, 0.4) is 0 Å². The van der Waals surface area contributed by atoms with Crippen molar-refractivity contribution < 1.29 is 19.5 Å². The summed E-state index contributed by atoms with van der Waals surface area (Å²) in [6.07, 6.45) is 2.84. The van der Waals surface area contributed by atoms with E-state index in [1.54, 1.807) is 63.2 Å². The van der Waals surface area contributed by atoms with Gasteiger partial charge in [0, 0.05) is 53.9 Å². The van der Waals surface area contributed by atoms with Crippen LogP contribution in [-0.4, -0.2) is 44.3 Å². The van der Waals surface area contributed by atoms with Crippen molar-refractivity contribution in [3.05, 3.63) is 60.3 Å². The lowest BCUT2D eigenvalue weighted by molar-refractivity contribution is 0.599. The summed E-state index contributed by atoms with van der Waals surface area (Å²) >= 11 is 0. The molecule has 0 N–H and O–H groups in total. The Balaban J connectivity index is 1.54. The van der Waals surface area contributed by atoms with E-state index in [0.29, 0.717) is 50.6 Å². The second-order valence-electron chi connectivity index (χ2n) is 10.4. The lowest BCUT2D eigenvalue weighted by Crippen LogP contribution is -2.43. The van der Waals surface area contributed by atoms with Crippen molar-refractivity contribution in [3.63, 3.8) is 0 Å². The molecule has 5 aromatic rings.